The Morgan fingerprint density at radius 2 is 1.96 bits per heavy atom. The fraction of sp³-hybridized carbons (Fsp3) is 0.238. The van der Waals surface area contributed by atoms with Crippen LogP contribution < -0.4 is 15.0 Å². The Hall–Kier alpha value is -2.44. The minimum atomic E-state index is 0.156. The monoisotopic (exact) mass is 412 g/mol. The van der Waals surface area contributed by atoms with Gasteiger partial charge in [0, 0.05) is 42.1 Å². The second-order valence-electron chi connectivity index (χ2n) is 6.63. The number of nitrogens with one attached hydrogen (secondary N) is 1. The largest absolute Gasteiger partial charge is 0.457 e. The second kappa shape index (κ2) is 8.29. The minimum Gasteiger partial charge on any atom is -0.457 e. The lowest BCUT2D eigenvalue weighted by atomic mass is 10.0. The lowest BCUT2D eigenvalue weighted by Gasteiger charge is -2.32. The first-order valence-electron chi connectivity index (χ1n) is 9.04. The normalized spacial score (nSPS) is 15.8. The van der Waals surface area contributed by atoms with Crippen LogP contribution in [-0.4, -0.2) is 29.8 Å². The van der Waals surface area contributed by atoms with Crippen molar-refractivity contribution in [3.63, 3.8) is 0 Å². The minimum absolute atomic E-state index is 0.156. The molecule has 1 N–H and O–H groups in total. The summed E-state index contributed by atoms with van der Waals surface area (Å²) in [4.78, 5) is 11.3. The van der Waals surface area contributed by atoms with Gasteiger partial charge in [0.25, 0.3) is 0 Å². The summed E-state index contributed by atoms with van der Waals surface area (Å²) < 4.78 is 5.95. The molecule has 0 saturated carbocycles. The molecule has 1 aliphatic rings. The Kier molecular flexibility index (Phi) is 5.59. The van der Waals surface area contributed by atoms with Crippen LogP contribution in [0.4, 0.5) is 11.5 Å². The molecule has 2 aromatic carbocycles. The van der Waals surface area contributed by atoms with Gasteiger partial charge in [-0.05, 0) is 43.0 Å². The van der Waals surface area contributed by atoms with E-state index < -0.39 is 0 Å². The van der Waals surface area contributed by atoms with Gasteiger partial charge in [-0.25, -0.2) is 9.97 Å². The maximum Gasteiger partial charge on any atom is 0.189 e. The molecule has 0 saturated heterocycles. The van der Waals surface area contributed by atoms with Crippen molar-refractivity contribution in [3.05, 3.63) is 65.3 Å². The van der Waals surface area contributed by atoms with E-state index in [-0.39, 0.29) is 6.04 Å². The highest BCUT2D eigenvalue weighted by Gasteiger charge is 2.25. The summed E-state index contributed by atoms with van der Waals surface area (Å²) in [5.74, 6) is 2.47. The highest BCUT2D eigenvalue weighted by molar-refractivity contribution is 7.98. The third kappa shape index (κ3) is 4.18. The fourth-order valence-corrected chi connectivity index (χ4v) is 3.78. The Balaban J connectivity index is 1.54. The first-order valence-corrected chi connectivity index (χ1v) is 10.6. The van der Waals surface area contributed by atoms with Crippen LogP contribution in [0.1, 0.15) is 18.0 Å². The highest BCUT2D eigenvalue weighted by atomic mass is 35.5. The van der Waals surface area contributed by atoms with Crippen LogP contribution in [0.25, 0.3) is 0 Å². The van der Waals surface area contributed by atoms with E-state index in [1.807, 2.05) is 54.9 Å². The molecule has 0 fully saturated rings. The van der Waals surface area contributed by atoms with E-state index in [9.17, 15) is 0 Å². The van der Waals surface area contributed by atoms with Gasteiger partial charge < -0.3 is 15.0 Å². The summed E-state index contributed by atoms with van der Waals surface area (Å²) in [6, 6.07) is 15.5. The van der Waals surface area contributed by atoms with Crippen molar-refractivity contribution in [3.8, 4) is 11.5 Å². The number of nitrogens with zero attached hydrogens (tertiary/aromatic N) is 3. The second-order valence-corrected chi connectivity index (χ2v) is 7.84. The van der Waals surface area contributed by atoms with Crippen molar-refractivity contribution in [1.82, 2.24) is 9.97 Å². The van der Waals surface area contributed by atoms with Crippen LogP contribution in [0.3, 0.4) is 0 Å². The predicted octanol–water partition coefficient (Wildman–Crippen LogP) is 5.64. The number of fused-ring (bicyclic) bond motifs is 1. The molecule has 1 aliphatic heterocycles. The van der Waals surface area contributed by atoms with Gasteiger partial charge in [0.15, 0.2) is 5.16 Å². The summed E-state index contributed by atoms with van der Waals surface area (Å²) in [7, 11) is 2.08. The van der Waals surface area contributed by atoms with Crippen molar-refractivity contribution >= 4 is 34.9 Å². The zero-order valence-electron chi connectivity index (χ0n) is 15.7. The molecule has 0 amide bonds. The SMILES string of the molecule is CSc1ncc2c(n1)N(C)CCC2Nc1cccc(Oc2cccc(Cl)c2)c1. The molecule has 1 unspecified atom stereocenters. The van der Waals surface area contributed by atoms with Crippen LogP contribution in [0.15, 0.2) is 59.9 Å². The Labute approximate surface area is 174 Å². The number of rotatable bonds is 5. The molecule has 2 heterocycles. The lowest BCUT2D eigenvalue weighted by Crippen LogP contribution is -2.31. The number of aromatic nitrogens is 2. The van der Waals surface area contributed by atoms with Gasteiger partial charge in [0.05, 0.1) is 6.04 Å². The molecule has 1 atom stereocenters. The quantitative estimate of drug-likeness (QED) is 0.432. The molecular formula is C21H21ClN4OS. The summed E-state index contributed by atoms with van der Waals surface area (Å²) in [5, 5.41) is 5.06. The van der Waals surface area contributed by atoms with Gasteiger partial charge >= 0.3 is 0 Å². The Bertz CT molecular complexity index is 984. The average Bonchev–Trinajstić information content (AvgIpc) is 2.70. The first-order chi connectivity index (χ1) is 13.6. The van der Waals surface area contributed by atoms with Crippen LogP contribution in [-0.2, 0) is 0 Å². The molecule has 3 aromatic rings. The summed E-state index contributed by atoms with van der Waals surface area (Å²) in [6.45, 7) is 0.939. The van der Waals surface area contributed by atoms with Gasteiger partial charge in [-0.2, -0.15) is 0 Å². The van der Waals surface area contributed by atoms with Gasteiger partial charge in [-0.15, -0.1) is 0 Å². The molecule has 4 rings (SSSR count). The summed E-state index contributed by atoms with van der Waals surface area (Å²) in [5.41, 5.74) is 2.11. The first kappa shape index (κ1) is 18.9. The molecule has 0 radical (unpaired) electrons. The van der Waals surface area contributed by atoms with E-state index in [1.165, 1.54) is 0 Å². The average molecular weight is 413 g/mol. The van der Waals surface area contributed by atoms with E-state index in [4.69, 9.17) is 16.3 Å². The molecular weight excluding hydrogens is 392 g/mol. The Morgan fingerprint density at radius 3 is 2.75 bits per heavy atom. The summed E-state index contributed by atoms with van der Waals surface area (Å²) >= 11 is 7.60. The van der Waals surface area contributed by atoms with Gasteiger partial charge in [-0.1, -0.05) is 35.5 Å². The van der Waals surface area contributed by atoms with E-state index in [0.29, 0.717) is 10.8 Å². The molecule has 0 bridgehead atoms. The van der Waals surface area contributed by atoms with Crippen LogP contribution in [0.2, 0.25) is 5.02 Å². The van der Waals surface area contributed by atoms with Crippen molar-refractivity contribution in [2.24, 2.45) is 0 Å². The van der Waals surface area contributed by atoms with Crippen molar-refractivity contribution in [2.45, 2.75) is 17.6 Å². The van der Waals surface area contributed by atoms with Crippen molar-refractivity contribution in [1.29, 1.82) is 0 Å². The maximum atomic E-state index is 6.04. The molecule has 0 aliphatic carbocycles. The fourth-order valence-electron chi connectivity index (χ4n) is 3.27. The number of halogens is 1. The van der Waals surface area contributed by atoms with Crippen molar-refractivity contribution in [2.75, 3.05) is 30.1 Å². The zero-order chi connectivity index (χ0) is 19.5. The molecule has 5 nitrogen and oxygen atoms in total. The smallest absolute Gasteiger partial charge is 0.189 e. The van der Waals surface area contributed by atoms with Gasteiger partial charge in [0.2, 0.25) is 0 Å². The van der Waals surface area contributed by atoms with Crippen LogP contribution in [0.5, 0.6) is 11.5 Å². The third-order valence-electron chi connectivity index (χ3n) is 4.65. The predicted molar refractivity (Wildman–Crippen MR) is 116 cm³/mol. The molecule has 144 valence electrons. The highest BCUT2D eigenvalue weighted by Crippen LogP contribution is 2.35. The number of hydrogen-bond acceptors (Lipinski definition) is 6. The van der Waals surface area contributed by atoms with E-state index in [1.54, 1.807) is 17.8 Å². The number of thioether (sulfide) groups is 1. The van der Waals surface area contributed by atoms with E-state index >= 15 is 0 Å². The van der Waals surface area contributed by atoms with Gasteiger partial charge in [0.1, 0.15) is 17.3 Å². The van der Waals surface area contributed by atoms with Gasteiger partial charge in [-0.3, -0.25) is 0 Å². The summed E-state index contributed by atoms with van der Waals surface area (Å²) in [6.07, 6.45) is 4.91. The van der Waals surface area contributed by atoms with E-state index in [0.717, 1.165) is 40.9 Å². The Morgan fingerprint density at radius 1 is 1.18 bits per heavy atom. The topological polar surface area (TPSA) is 50.3 Å². The molecule has 1 aromatic heterocycles. The maximum absolute atomic E-state index is 6.04. The third-order valence-corrected chi connectivity index (χ3v) is 5.45. The number of benzene rings is 2. The molecule has 28 heavy (non-hydrogen) atoms. The zero-order valence-corrected chi connectivity index (χ0v) is 17.3. The van der Waals surface area contributed by atoms with Crippen molar-refractivity contribution < 1.29 is 4.74 Å². The van der Waals surface area contributed by atoms with E-state index in [2.05, 4.69) is 27.2 Å². The van der Waals surface area contributed by atoms with Crippen LogP contribution in [0, 0.1) is 0 Å². The number of anilines is 2. The molecule has 0 spiro atoms. The standard InChI is InChI=1S/C21H21ClN4OS/c1-26-10-9-19(18-13-23-21(28-2)25-20(18)26)24-15-6-4-8-17(12-15)27-16-7-3-5-14(22)11-16/h3-8,11-13,19,24H,9-10H2,1-2H3. The molecule has 7 heteroatoms. The van der Waals surface area contributed by atoms with Crippen LogP contribution >= 0.6 is 23.4 Å². The number of ether oxygens (including phenoxy) is 1. The lowest BCUT2D eigenvalue weighted by molar-refractivity contribution is 0.483. The number of hydrogen-bond donors (Lipinski definition) is 1.